The molecule has 0 aliphatic carbocycles. The predicted octanol–water partition coefficient (Wildman–Crippen LogP) is -0.393. The molecule has 0 aliphatic rings. The summed E-state index contributed by atoms with van der Waals surface area (Å²) in [7, 11) is -3.06. The van der Waals surface area contributed by atoms with Crippen molar-refractivity contribution in [2.24, 2.45) is 0 Å². The van der Waals surface area contributed by atoms with Gasteiger partial charge < -0.3 is 0 Å². The molecule has 1 N–H and O–H groups in total. The van der Waals surface area contributed by atoms with Gasteiger partial charge in [-0.25, -0.2) is 13.1 Å². The van der Waals surface area contributed by atoms with Crippen molar-refractivity contribution in [3.05, 3.63) is 12.4 Å². The third-order valence-corrected chi connectivity index (χ3v) is 3.14. The van der Waals surface area contributed by atoms with Crippen molar-refractivity contribution in [2.75, 3.05) is 12.3 Å². The molecule has 0 saturated carbocycles. The molecule has 0 atom stereocenters. The zero-order valence-corrected chi connectivity index (χ0v) is 8.87. The number of sulfonamides is 1. The smallest absolute Gasteiger partial charge is 0.211 e. The first kappa shape index (κ1) is 11.1. The normalized spacial score (nSPS) is 11.8. The van der Waals surface area contributed by atoms with Crippen LogP contribution in [-0.2, 0) is 16.6 Å². The Bertz CT molecular complexity index is 346. The molecule has 1 heterocycles. The quantitative estimate of drug-likeness (QED) is 0.659. The molecule has 80 valence electrons. The highest BCUT2D eigenvalue weighted by atomic mass is 32.2. The van der Waals surface area contributed by atoms with E-state index in [1.807, 2.05) is 0 Å². The second kappa shape index (κ2) is 5.06. The fourth-order valence-corrected chi connectivity index (χ4v) is 1.58. The van der Waals surface area contributed by atoms with E-state index in [1.165, 1.54) is 0 Å². The van der Waals surface area contributed by atoms with Gasteiger partial charge in [-0.3, -0.25) is 4.68 Å². The van der Waals surface area contributed by atoms with Gasteiger partial charge in [0.2, 0.25) is 10.0 Å². The lowest BCUT2D eigenvalue weighted by Gasteiger charge is -2.03. The molecule has 0 radical (unpaired) electrons. The van der Waals surface area contributed by atoms with Gasteiger partial charge in [-0.15, -0.1) is 5.10 Å². The Hall–Kier alpha value is -0.950. The van der Waals surface area contributed by atoms with E-state index in [9.17, 15) is 8.42 Å². The van der Waals surface area contributed by atoms with Gasteiger partial charge in [-0.2, -0.15) is 0 Å². The van der Waals surface area contributed by atoms with Crippen molar-refractivity contribution in [1.29, 1.82) is 0 Å². The SMILES string of the molecule is CCS(=O)(=O)NCCCn1ccnn1. The second-order valence-electron chi connectivity index (χ2n) is 2.82. The van der Waals surface area contributed by atoms with E-state index in [4.69, 9.17) is 0 Å². The minimum atomic E-state index is -3.06. The number of rotatable bonds is 6. The minimum absolute atomic E-state index is 0.121. The van der Waals surface area contributed by atoms with E-state index in [2.05, 4.69) is 15.0 Å². The third kappa shape index (κ3) is 3.84. The highest BCUT2D eigenvalue weighted by molar-refractivity contribution is 7.89. The van der Waals surface area contributed by atoms with Gasteiger partial charge in [0.15, 0.2) is 0 Å². The van der Waals surface area contributed by atoms with Crippen LogP contribution in [0.2, 0.25) is 0 Å². The Morgan fingerprint density at radius 3 is 2.86 bits per heavy atom. The summed E-state index contributed by atoms with van der Waals surface area (Å²) >= 11 is 0. The van der Waals surface area contributed by atoms with Gasteiger partial charge in [0, 0.05) is 19.3 Å². The van der Waals surface area contributed by atoms with Crippen LogP contribution in [0.3, 0.4) is 0 Å². The topological polar surface area (TPSA) is 76.9 Å². The molecule has 0 fully saturated rings. The predicted molar refractivity (Wildman–Crippen MR) is 52.1 cm³/mol. The van der Waals surface area contributed by atoms with Gasteiger partial charge in [-0.05, 0) is 13.3 Å². The summed E-state index contributed by atoms with van der Waals surface area (Å²) < 4.78 is 26.2. The molecular formula is C7H14N4O2S. The molecule has 14 heavy (non-hydrogen) atoms. The fourth-order valence-electron chi connectivity index (χ4n) is 0.923. The van der Waals surface area contributed by atoms with Gasteiger partial charge in [0.25, 0.3) is 0 Å². The number of nitrogens with one attached hydrogen (secondary N) is 1. The van der Waals surface area contributed by atoms with Crippen molar-refractivity contribution in [3.63, 3.8) is 0 Å². The van der Waals surface area contributed by atoms with Crippen molar-refractivity contribution in [1.82, 2.24) is 19.7 Å². The standard InChI is InChI=1S/C7H14N4O2S/c1-2-14(12,13)9-4-3-6-11-7-5-8-10-11/h5,7,9H,2-4,6H2,1H3. The maximum Gasteiger partial charge on any atom is 0.211 e. The average molecular weight is 218 g/mol. The lowest BCUT2D eigenvalue weighted by Crippen LogP contribution is -2.26. The summed E-state index contributed by atoms with van der Waals surface area (Å²) in [6.45, 7) is 2.72. The molecule has 1 aromatic heterocycles. The summed E-state index contributed by atoms with van der Waals surface area (Å²) in [6.07, 6.45) is 4.05. The van der Waals surface area contributed by atoms with E-state index >= 15 is 0 Å². The van der Waals surface area contributed by atoms with E-state index < -0.39 is 10.0 Å². The van der Waals surface area contributed by atoms with Crippen LogP contribution in [0.1, 0.15) is 13.3 Å². The molecule has 0 amide bonds. The van der Waals surface area contributed by atoms with Gasteiger partial charge in [-0.1, -0.05) is 5.21 Å². The number of aromatic nitrogens is 3. The largest absolute Gasteiger partial charge is 0.253 e. The van der Waals surface area contributed by atoms with E-state index in [0.29, 0.717) is 19.5 Å². The Morgan fingerprint density at radius 2 is 2.29 bits per heavy atom. The van der Waals surface area contributed by atoms with Crippen LogP contribution in [-0.4, -0.2) is 35.7 Å². The minimum Gasteiger partial charge on any atom is -0.253 e. The number of hydrogen-bond donors (Lipinski definition) is 1. The van der Waals surface area contributed by atoms with E-state index in [-0.39, 0.29) is 5.75 Å². The Balaban J connectivity index is 2.17. The monoisotopic (exact) mass is 218 g/mol. The average Bonchev–Trinajstić information content (AvgIpc) is 2.65. The molecule has 0 bridgehead atoms. The van der Waals surface area contributed by atoms with Crippen LogP contribution >= 0.6 is 0 Å². The van der Waals surface area contributed by atoms with Crippen LogP contribution in [0.5, 0.6) is 0 Å². The molecule has 0 saturated heterocycles. The Morgan fingerprint density at radius 1 is 1.50 bits per heavy atom. The molecule has 0 unspecified atom stereocenters. The molecule has 0 spiro atoms. The van der Waals surface area contributed by atoms with Crippen molar-refractivity contribution in [3.8, 4) is 0 Å². The molecule has 6 nitrogen and oxygen atoms in total. The van der Waals surface area contributed by atoms with Crippen LogP contribution in [0.25, 0.3) is 0 Å². The molecule has 1 rings (SSSR count). The number of nitrogens with zero attached hydrogens (tertiary/aromatic N) is 3. The summed E-state index contributed by atoms with van der Waals surface area (Å²) in [5, 5.41) is 7.40. The van der Waals surface area contributed by atoms with Crippen LogP contribution in [0.4, 0.5) is 0 Å². The van der Waals surface area contributed by atoms with Crippen molar-refractivity contribution in [2.45, 2.75) is 19.9 Å². The molecule has 7 heteroatoms. The maximum absolute atomic E-state index is 11.0. The van der Waals surface area contributed by atoms with Gasteiger partial charge in [0.05, 0.1) is 11.9 Å². The first-order valence-corrected chi connectivity index (χ1v) is 6.11. The Kier molecular flexibility index (Phi) is 4.02. The lowest BCUT2D eigenvalue weighted by molar-refractivity contribution is 0.543. The van der Waals surface area contributed by atoms with Crippen LogP contribution in [0, 0.1) is 0 Å². The van der Waals surface area contributed by atoms with Crippen LogP contribution in [0.15, 0.2) is 12.4 Å². The van der Waals surface area contributed by atoms with E-state index in [1.54, 1.807) is 24.0 Å². The number of hydrogen-bond acceptors (Lipinski definition) is 4. The third-order valence-electron chi connectivity index (χ3n) is 1.74. The Labute approximate surface area is 83.4 Å². The van der Waals surface area contributed by atoms with E-state index in [0.717, 1.165) is 0 Å². The molecular weight excluding hydrogens is 204 g/mol. The second-order valence-corrected chi connectivity index (χ2v) is 4.91. The van der Waals surface area contributed by atoms with Gasteiger partial charge >= 0.3 is 0 Å². The van der Waals surface area contributed by atoms with Gasteiger partial charge in [0.1, 0.15) is 0 Å². The van der Waals surface area contributed by atoms with Crippen molar-refractivity contribution < 1.29 is 8.42 Å². The highest BCUT2D eigenvalue weighted by Gasteiger charge is 2.04. The summed E-state index contributed by atoms with van der Waals surface area (Å²) in [4.78, 5) is 0. The summed E-state index contributed by atoms with van der Waals surface area (Å²) in [5.74, 6) is 0.121. The zero-order chi connectivity index (χ0) is 10.4. The first-order chi connectivity index (χ1) is 6.64. The number of aryl methyl sites for hydroxylation is 1. The van der Waals surface area contributed by atoms with Crippen LogP contribution < -0.4 is 4.72 Å². The fraction of sp³-hybridized carbons (Fsp3) is 0.714. The van der Waals surface area contributed by atoms with Crippen molar-refractivity contribution >= 4 is 10.0 Å². The summed E-state index contributed by atoms with van der Waals surface area (Å²) in [6, 6.07) is 0. The molecule has 0 aromatic carbocycles. The first-order valence-electron chi connectivity index (χ1n) is 4.45. The lowest BCUT2D eigenvalue weighted by atomic mass is 10.4. The molecule has 0 aliphatic heterocycles. The molecule has 1 aromatic rings. The zero-order valence-electron chi connectivity index (χ0n) is 8.05. The maximum atomic E-state index is 11.0. The summed E-state index contributed by atoms with van der Waals surface area (Å²) in [5.41, 5.74) is 0. The highest BCUT2D eigenvalue weighted by Crippen LogP contribution is 1.88.